The number of aryl methyl sites for hydroxylation is 2. The summed E-state index contributed by atoms with van der Waals surface area (Å²) in [6, 6.07) is 17.0. The second kappa shape index (κ2) is 6.80. The van der Waals surface area contributed by atoms with Crippen LogP contribution >= 0.6 is 0 Å². The fraction of sp³-hybridized carbons (Fsp3) is 0.250. The van der Waals surface area contributed by atoms with E-state index in [1.165, 1.54) is 16.7 Å². The van der Waals surface area contributed by atoms with Crippen LogP contribution in [0, 0.1) is 13.8 Å². The molecule has 0 aliphatic heterocycles. The molecule has 0 saturated carbocycles. The average Bonchev–Trinajstić information content (AvgIpc) is 3.02. The first-order valence-corrected chi connectivity index (χ1v) is 7.94. The Morgan fingerprint density at radius 2 is 1.78 bits per heavy atom. The minimum atomic E-state index is 0.272. The highest BCUT2D eigenvalue weighted by molar-refractivity contribution is 5.58. The summed E-state index contributed by atoms with van der Waals surface area (Å²) in [5.74, 6) is 0.683. The first-order chi connectivity index (χ1) is 11.1. The molecule has 118 valence electrons. The molecule has 0 saturated heterocycles. The molecule has 3 aromatic rings. The van der Waals surface area contributed by atoms with Crippen molar-refractivity contribution in [3.05, 3.63) is 77.2 Å². The Hall–Kier alpha value is -2.39. The fourth-order valence-corrected chi connectivity index (χ4v) is 2.56. The molecule has 0 bridgehead atoms. The topological polar surface area (TPSA) is 38.1 Å². The van der Waals surface area contributed by atoms with Gasteiger partial charge in [-0.1, -0.05) is 48.0 Å². The minimum absolute atomic E-state index is 0.272. The molecule has 0 amide bonds. The Bertz CT molecular complexity index is 774. The summed E-state index contributed by atoms with van der Waals surface area (Å²) in [4.78, 5) is 4.59. The van der Waals surface area contributed by atoms with Crippen LogP contribution in [0.3, 0.4) is 0 Å². The van der Waals surface area contributed by atoms with Gasteiger partial charge in [0.15, 0.2) is 0 Å². The van der Waals surface area contributed by atoms with Gasteiger partial charge in [0, 0.05) is 18.2 Å². The second-order valence-electron chi connectivity index (χ2n) is 5.97. The predicted molar refractivity (Wildman–Crippen MR) is 93.1 cm³/mol. The second-order valence-corrected chi connectivity index (χ2v) is 5.97. The number of oxazole rings is 1. The third kappa shape index (κ3) is 3.69. The third-order valence-electron chi connectivity index (χ3n) is 4.09. The highest BCUT2D eigenvalue weighted by Gasteiger charge is 2.10. The minimum Gasteiger partial charge on any atom is -0.444 e. The Labute approximate surface area is 137 Å². The van der Waals surface area contributed by atoms with Gasteiger partial charge >= 0.3 is 0 Å². The molecule has 0 aliphatic carbocycles. The van der Waals surface area contributed by atoms with E-state index in [-0.39, 0.29) is 6.04 Å². The van der Waals surface area contributed by atoms with Crippen molar-refractivity contribution in [1.29, 1.82) is 0 Å². The number of rotatable bonds is 5. The van der Waals surface area contributed by atoms with Crippen molar-refractivity contribution < 1.29 is 4.42 Å². The summed E-state index contributed by atoms with van der Waals surface area (Å²) in [6.07, 6.45) is 1.73. The van der Waals surface area contributed by atoms with E-state index in [0.29, 0.717) is 12.4 Å². The number of nitrogens with zero attached hydrogens (tertiary/aromatic N) is 1. The quantitative estimate of drug-likeness (QED) is 0.735. The lowest BCUT2D eigenvalue weighted by Gasteiger charge is -2.13. The van der Waals surface area contributed by atoms with Crippen LogP contribution in [0.1, 0.15) is 35.3 Å². The molecule has 1 aromatic heterocycles. The van der Waals surface area contributed by atoms with Crippen molar-refractivity contribution in [2.75, 3.05) is 0 Å². The molecule has 1 atom stereocenters. The Morgan fingerprint density at radius 3 is 2.52 bits per heavy atom. The smallest absolute Gasteiger partial charge is 0.226 e. The maximum absolute atomic E-state index is 5.63. The molecule has 3 nitrogen and oxygen atoms in total. The lowest BCUT2D eigenvalue weighted by Crippen LogP contribution is -2.18. The summed E-state index contributed by atoms with van der Waals surface area (Å²) in [7, 11) is 0. The van der Waals surface area contributed by atoms with Gasteiger partial charge in [0.1, 0.15) is 6.26 Å². The van der Waals surface area contributed by atoms with Crippen molar-refractivity contribution in [2.45, 2.75) is 33.4 Å². The number of hydrogen-bond donors (Lipinski definition) is 1. The Morgan fingerprint density at radius 1 is 1.04 bits per heavy atom. The van der Waals surface area contributed by atoms with Gasteiger partial charge in [-0.25, -0.2) is 4.98 Å². The van der Waals surface area contributed by atoms with Gasteiger partial charge in [0.25, 0.3) is 0 Å². The van der Waals surface area contributed by atoms with Crippen molar-refractivity contribution in [3.8, 4) is 11.5 Å². The van der Waals surface area contributed by atoms with Crippen LogP contribution in [0.5, 0.6) is 0 Å². The maximum Gasteiger partial charge on any atom is 0.226 e. The van der Waals surface area contributed by atoms with Crippen LogP contribution in [-0.4, -0.2) is 4.98 Å². The normalized spacial score (nSPS) is 12.3. The van der Waals surface area contributed by atoms with Gasteiger partial charge in [0.2, 0.25) is 5.89 Å². The molecule has 0 fully saturated rings. The van der Waals surface area contributed by atoms with Gasteiger partial charge in [-0.15, -0.1) is 0 Å². The van der Waals surface area contributed by atoms with Crippen molar-refractivity contribution in [3.63, 3.8) is 0 Å². The first kappa shape index (κ1) is 15.5. The van der Waals surface area contributed by atoms with E-state index in [1.54, 1.807) is 6.26 Å². The molecular formula is C20H22N2O. The molecule has 3 rings (SSSR count). The number of benzene rings is 2. The molecule has 1 N–H and O–H groups in total. The molecule has 0 radical (unpaired) electrons. The van der Waals surface area contributed by atoms with E-state index >= 15 is 0 Å². The third-order valence-corrected chi connectivity index (χ3v) is 4.09. The summed E-state index contributed by atoms with van der Waals surface area (Å²) in [6.45, 7) is 7.01. The van der Waals surface area contributed by atoms with Gasteiger partial charge in [-0.05, 0) is 38.0 Å². The van der Waals surface area contributed by atoms with E-state index in [0.717, 1.165) is 11.3 Å². The van der Waals surface area contributed by atoms with Gasteiger partial charge in [0.05, 0.1) is 5.69 Å². The average molecular weight is 306 g/mol. The van der Waals surface area contributed by atoms with Crippen LogP contribution < -0.4 is 5.32 Å². The fourth-order valence-electron chi connectivity index (χ4n) is 2.56. The van der Waals surface area contributed by atoms with Gasteiger partial charge in [-0.3, -0.25) is 0 Å². The van der Waals surface area contributed by atoms with Crippen LogP contribution in [0.15, 0.2) is 59.2 Å². The highest BCUT2D eigenvalue weighted by Crippen LogP contribution is 2.22. The maximum atomic E-state index is 5.63. The van der Waals surface area contributed by atoms with E-state index in [9.17, 15) is 0 Å². The van der Waals surface area contributed by atoms with Crippen molar-refractivity contribution >= 4 is 0 Å². The van der Waals surface area contributed by atoms with Crippen LogP contribution in [0.4, 0.5) is 0 Å². The molecule has 1 heterocycles. The molecule has 3 heteroatoms. The standard InChI is InChI=1S/C20H22N2O/c1-14-8-10-17(11-9-14)16(3)21-12-18-13-23-20(22-18)19-7-5-4-6-15(19)2/h4-11,13,16,21H,12H2,1-3H3. The van der Waals surface area contributed by atoms with Crippen LogP contribution in [-0.2, 0) is 6.54 Å². The lowest BCUT2D eigenvalue weighted by molar-refractivity contribution is 0.553. The molecule has 1 unspecified atom stereocenters. The van der Waals surface area contributed by atoms with Crippen LogP contribution in [0.25, 0.3) is 11.5 Å². The predicted octanol–water partition coefficient (Wildman–Crippen LogP) is 4.81. The number of nitrogens with one attached hydrogen (secondary N) is 1. The molecule has 2 aromatic carbocycles. The zero-order chi connectivity index (χ0) is 16.2. The van der Waals surface area contributed by atoms with Gasteiger partial charge in [-0.2, -0.15) is 0 Å². The van der Waals surface area contributed by atoms with E-state index in [2.05, 4.69) is 61.4 Å². The lowest BCUT2D eigenvalue weighted by atomic mass is 10.1. The van der Waals surface area contributed by atoms with E-state index in [4.69, 9.17) is 4.42 Å². The van der Waals surface area contributed by atoms with E-state index in [1.807, 2.05) is 18.2 Å². The SMILES string of the molecule is Cc1ccc(C(C)NCc2coc(-c3ccccc3C)n2)cc1. The monoisotopic (exact) mass is 306 g/mol. The molecular weight excluding hydrogens is 284 g/mol. The summed E-state index contributed by atoms with van der Waals surface area (Å²) in [5, 5.41) is 3.49. The number of hydrogen-bond acceptors (Lipinski definition) is 3. The Balaban J connectivity index is 1.65. The van der Waals surface area contributed by atoms with Crippen LogP contribution in [0.2, 0.25) is 0 Å². The summed E-state index contributed by atoms with van der Waals surface area (Å²) >= 11 is 0. The highest BCUT2D eigenvalue weighted by atomic mass is 16.3. The first-order valence-electron chi connectivity index (χ1n) is 7.94. The van der Waals surface area contributed by atoms with Crippen molar-refractivity contribution in [2.24, 2.45) is 0 Å². The van der Waals surface area contributed by atoms with Crippen molar-refractivity contribution in [1.82, 2.24) is 10.3 Å². The zero-order valence-corrected chi connectivity index (χ0v) is 13.8. The molecule has 23 heavy (non-hydrogen) atoms. The largest absolute Gasteiger partial charge is 0.444 e. The van der Waals surface area contributed by atoms with Gasteiger partial charge < -0.3 is 9.73 Å². The molecule has 0 aliphatic rings. The Kier molecular flexibility index (Phi) is 4.58. The summed E-state index contributed by atoms with van der Waals surface area (Å²) in [5.41, 5.74) is 5.69. The summed E-state index contributed by atoms with van der Waals surface area (Å²) < 4.78 is 5.63. The number of aromatic nitrogens is 1. The van der Waals surface area contributed by atoms with E-state index < -0.39 is 0 Å². The zero-order valence-electron chi connectivity index (χ0n) is 13.8. The molecule has 0 spiro atoms.